The van der Waals surface area contributed by atoms with Gasteiger partial charge in [0.15, 0.2) is 0 Å². The molecule has 0 aromatic carbocycles. The zero-order valence-electron chi connectivity index (χ0n) is 7.83. The van der Waals surface area contributed by atoms with E-state index in [0.29, 0.717) is 5.76 Å². The first kappa shape index (κ1) is 11.5. The first-order valence-corrected chi connectivity index (χ1v) is 3.67. The summed E-state index contributed by atoms with van der Waals surface area (Å²) in [7, 11) is 0. The lowest BCUT2D eigenvalue weighted by atomic mass is 10.5. The van der Waals surface area contributed by atoms with Gasteiger partial charge in [0.1, 0.15) is 5.76 Å². The molecule has 0 atom stereocenters. The Hall–Kier alpha value is -1.52. The number of carbonyl (C=O) groups is 2. The van der Waals surface area contributed by atoms with Crippen LogP contribution in [0.1, 0.15) is 20.8 Å². The highest BCUT2D eigenvalue weighted by Crippen LogP contribution is 1.97. The highest BCUT2D eigenvalue weighted by Gasteiger charge is 2.04. The molecule has 74 valence electrons. The van der Waals surface area contributed by atoms with Crippen molar-refractivity contribution in [2.24, 2.45) is 0 Å². The van der Waals surface area contributed by atoms with Gasteiger partial charge in [0, 0.05) is 6.92 Å². The standard InChI is InChI=1S/C8H12O5/c1-4-6(2)13-8(10)12-5-11-7(3)9/h4H,5H2,1-3H3/b6-4-. The van der Waals surface area contributed by atoms with E-state index in [0.717, 1.165) is 0 Å². The van der Waals surface area contributed by atoms with Gasteiger partial charge in [-0.05, 0) is 19.9 Å². The van der Waals surface area contributed by atoms with Crippen LogP contribution in [0.3, 0.4) is 0 Å². The van der Waals surface area contributed by atoms with E-state index in [4.69, 9.17) is 0 Å². The highest BCUT2D eigenvalue weighted by atomic mass is 16.8. The molecule has 0 bridgehead atoms. The van der Waals surface area contributed by atoms with Crippen LogP contribution in [0.4, 0.5) is 4.79 Å². The molecule has 0 aliphatic carbocycles. The Bertz CT molecular complexity index is 219. The SMILES string of the molecule is C/C=C(/C)OC(=O)OCOC(C)=O. The summed E-state index contributed by atoms with van der Waals surface area (Å²) < 4.78 is 13.3. The van der Waals surface area contributed by atoms with Crippen molar-refractivity contribution in [1.82, 2.24) is 0 Å². The first-order valence-electron chi connectivity index (χ1n) is 3.67. The third-order valence-corrected chi connectivity index (χ3v) is 1.09. The zero-order valence-corrected chi connectivity index (χ0v) is 7.83. The van der Waals surface area contributed by atoms with Crippen molar-refractivity contribution in [3.05, 3.63) is 11.8 Å². The quantitative estimate of drug-likeness (QED) is 0.382. The normalized spacial score (nSPS) is 10.5. The molecule has 0 rings (SSSR count). The summed E-state index contributed by atoms with van der Waals surface area (Å²) in [5.41, 5.74) is 0. The zero-order chi connectivity index (χ0) is 10.3. The minimum absolute atomic E-state index is 0.424. The molecular formula is C8H12O5. The molecule has 0 saturated carbocycles. The molecule has 0 heterocycles. The third-order valence-electron chi connectivity index (χ3n) is 1.09. The number of hydrogen-bond donors (Lipinski definition) is 0. The van der Waals surface area contributed by atoms with Gasteiger partial charge in [-0.25, -0.2) is 4.79 Å². The van der Waals surface area contributed by atoms with E-state index in [1.807, 2.05) is 0 Å². The molecule has 0 amide bonds. The van der Waals surface area contributed by atoms with Crippen LogP contribution < -0.4 is 0 Å². The Labute approximate surface area is 76.3 Å². The third kappa shape index (κ3) is 6.86. The van der Waals surface area contributed by atoms with E-state index in [1.165, 1.54) is 6.92 Å². The fourth-order valence-corrected chi connectivity index (χ4v) is 0.380. The molecule has 0 spiro atoms. The Morgan fingerprint density at radius 3 is 2.31 bits per heavy atom. The maximum absolute atomic E-state index is 10.7. The van der Waals surface area contributed by atoms with Crippen LogP contribution in [-0.2, 0) is 19.0 Å². The van der Waals surface area contributed by atoms with Crippen molar-refractivity contribution in [1.29, 1.82) is 0 Å². The van der Waals surface area contributed by atoms with Crippen molar-refractivity contribution in [3.8, 4) is 0 Å². The van der Waals surface area contributed by atoms with E-state index < -0.39 is 18.9 Å². The Morgan fingerprint density at radius 2 is 1.85 bits per heavy atom. The van der Waals surface area contributed by atoms with Gasteiger partial charge in [0.25, 0.3) is 0 Å². The Morgan fingerprint density at radius 1 is 1.23 bits per heavy atom. The van der Waals surface area contributed by atoms with Crippen molar-refractivity contribution >= 4 is 12.1 Å². The van der Waals surface area contributed by atoms with Crippen LogP contribution in [0, 0.1) is 0 Å². The lowest BCUT2D eigenvalue weighted by Crippen LogP contribution is -2.11. The summed E-state index contributed by atoms with van der Waals surface area (Å²) in [6, 6.07) is 0. The summed E-state index contributed by atoms with van der Waals surface area (Å²) in [5, 5.41) is 0. The average molecular weight is 188 g/mol. The maximum Gasteiger partial charge on any atom is 0.516 e. The van der Waals surface area contributed by atoms with Gasteiger partial charge in [0.2, 0.25) is 6.79 Å². The molecular weight excluding hydrogens is 176 g/mol. The molecule has 13 heavy (non-hydrogen) atoms. The van der Waals surface area contributed by atoms with Crippen LogP contribution in [0.5, 0.6) is 0 Å². The number of ether oxygens (including phenoxy) is 3. The molecule has 0 fully saturated rings. The van der Waals surface area contributed by atoms with Gasteiger partial charge in [-0.3, -0.25) is 4.79 Å². The van der Waals surface area contributed by atoms with Gasteiger partial charge < -0.3 is 14.2 Å². The predicted molar refractivity (Wildman–Crippen MR) is 43.6 cm³/mol. The van der Waals surface area contributed by atoms with Crippen LogP contribution in [-0.4, -0.2) is 18.9 Å². The van der Waals surface area contributed by atoms with Crippen molar-refractivity contribution in [2.45, 2.75) is 20.8 Å². The van der Waals surface area contributed by atoms with E-state index in [9.17, 15) is 9.59 Å². The minimum atomic E-state index is -0.892. The molecule has 5 heteroatoms. The number of hydrogen-bond acceptors (Lipinski definition) is 5. The van der Waals surface area contributed by atoms with E-state index in [1.54, 1.807) is 19.9 Å². The molecule has 0 saturated heterocycles. The summed E-state index contributed by atoms with van der Waals surface area (Å²) in [6.07, 6.45) is 0.712. The summed E-state index contributed by atoms with van der Waals surface area (Å²) in [4.78, 5) is 21.0. The molecule has 0 radical (unpaired) electrons. The molecule has 0 aromatic rings. The molecule has 0 aromatic heterocycles. The lowest BCUT2D eigenvalue weighted by Gasteiger charge is -2.04. The van der Waals surface area contributed by atoms with Gasteiger partial charge in [-0.15, -0.1) is 0 Å². The number of rotatable bonds is 3. The van der Waals surface area contributed by atoms with Gasteiger partial charge in [-0.2, -0.15) is 0 Å². The second-order valence-corrected chi connectivity index (χ2v) is 2.15. The van der Waals surface area contributed by atoms with Crippen LogP contribution in [0.2, 0.25) is 0 Å². The summed E-state index contributed by atoms with van der Waals surface area (Å²) in [5.74, 6) is -0.0941. The molecule has 0 aliphatic heterocycles. The fraction of sp³-hybridized carbons (Fsp3) is 0.500. The maximum atomic E-state index is 10.7. The summed E-state index contributed by atoms with van der Waals surface area (Å²) in [6.45, 7) is 4.11. The second-order valence-electron chi connectivity index (χ2n) is 2.15. The van der Waals surface area contributed by atoms with E-state index in [2.05, 4.69) is 14.2 Å². The monoisotopic (exact) mass is 188 g/mol. The van der Waals surface area contributed by atoms with Gasteiger partial charge >= 0.3 is 12.1 Å². The largest absolute Gasteiger partial charge is 0.516 e. The second kappa shape index (κ2) is 6.05. The molecule has 0 N–H and O–H groups in total. The number of allylic oxidation sites excluding steroid dienone is 2. The van der Waals surface area contributed by atoms with E-state index in [-0.39, 0.29) is 0 Å². The van der Waals surface area contributed by atoms with Crippen LogP contribution in [0.25, 0.3) is 0 Å². The van der Waals surface area contributed by atoms with Crippen LogP contribution in [0.15, 0.2) is 11.8 Å². The average Bonchev–Trinajstić information content (AvgIpc) is 2.03. The highest BCUT2D eigenvalue weighted by molar-refractivity contribution is 5.66. The number of carbonyl (C=O) groups excluding carboxylic acids is 2. The predicted octanol–water partition coefficient (Wildman–Crippen LogP) is 1.58. The van der Waals surface area contributed by atoms with Crippen molar-refractivity contribution < 1.29 is 23.8 Å². The Kier molecular flexibility index (Phi) is 5.34. The first-order chi connectivity index (χ1) is 6.06. The van der Waals surface area contributed by atoms with Crippen LogP contribution >= 0.6 is 0 Å². The molecule has 0 unspecified atom stereocenters. The molecule has 0 aliphatic rings. The van der Waals surface area contributed by atoms with Crippen molar-refractivity contribution in [2.75, 3.05) is 6.79 Å². The van der Waals surface area contributed by atoms with Crippen molar-refractivity contribution in [3.63, 3.8) is 0 Å². The fourth-order valence-electron chi connectivity index (χ4n) is 0.380. The van der Waals surface area contributed by atoms with Gasteiger partial charge in [-0.1, -0.05) is 0 Å². The Balaban J connectivity index is 3.58. The van der Waals surface area contributed by atoms with Gasteiger partial charge in [0.05, 0.1) is 0 Å². The number of esters is 1. The smallest absolute Gasteiger partial charge is 0.428 e. The summed E-state index contributed by atoms with van der Waals surface area (Å²) >= 11 is 0. The van der Waals surface area contributed by atoms with E-state index >= 15 is 0 Å². The topological polar surface area (TPSA) is 61.8 Å². The lowest BCUT2D eigenvalue weighted by molar-refractivity contribution is -0.150. The molecule has 5 nitrogen and oxygen atoms in total. The minimum Gasteiger partial charge on any atom is -0.428 e.